The summed E-state index contributed by atoms with van der Waals surface area (Å²) >= 11 is 0. The van der Waals surface area contributed by atoms with Gasteiger partial charge < -0.3 is 0 Å². The number of allylic oxidation sites excluding steroid dienone is 2. The lowest BCUT2D eigenvalue weighted by Crippen LogP contribution is -2.27. The predicted octanol–water partition coefficient (Wildman–Crippen LogP) is 0.967. The molecule has 0 saturated heterocycles. The van der Waals surface area contributed by atoms with Crippen LogP contribution in [0.2, 0.25) is 0 Å². The number of rotatable bonds is 0. The molecule has 2 nitrogen and oxygen atoms in total. The normalized spacial score (nSPS) is 33.0. The van der Waals surface area contributed by atoms with E-state index in [-0.39, 0.29) is 23.4 Å². The van der Waals surface area contributed by atoms with Crippen LogP contribution in [0.5, 0.6) is 0 Å². The maximum atomic E-state index is 10.9. The number of carbonyl (C=O) groups is 2. The first kappa shape index (κ1) is 7.19. The molecule has 0 aromatic rings. The Labute approximate surface area is 59.9 Å². The van der Waals surface area contributed by atoms with E-state index >= 15 is 0 Å². The monoisotopic (exact) mass is 138 g/mol. The van der Waals surface area contributed by atoms with E-state index in [1.54, 1.807) is 13.8 Å². The van der Waals surface area contributed by atoms with E-state index in [9.17, 15) is 9.59 Å². The number of ketones is 2. The van der Waals surface area contributed by atoms with Gasteiger partial charge in [-0.3, -0.25) is 9.59 Å². The molecule has 0 heterocycles. The highest BCUT2D eigenvalue weighted by Crippen LogP contribution is 2.18. The Balaban J connectivity index is 2.89. The van der Waals surface area contributed by atoms with Crippen molar-refractivity contribution in [2.75, 3.05) is 0 Å². The topological polar surface area (TPSA) is 34.1 Å². The Bertz CT molecular complexity index is 181. The molecule has 2 heteroatoms. The molecule has 1 rings (SSSR count). The predicted molar refractivity (Wildman–Crippen MR) is 37.5 cm³/mol. The molecule has 1 aliphatic rings. The average molecular weight is 138 g/mol. The first-order valence-corrected chi connectivity index (χ1v) is 3.38. The quantitative estimate of drug-likeness (QED) is 0.499. The maximum absolute atomic E-state index is 10.9. The molecular formula is C8H10O2. The molecule has 0 aromatic carbocycles. The summed E-state index contributed by atoms with van der Waals surface area (Å²) in [5.41, 5.74) is 0. The lowest BCUT2D eigenvalue weighted by molar-refractivity contribution is -0.127. The molecular weight excluding hydrogens is 128 g/mol. The SMILES string of the molecule is CC1C(=O)C=CC(=O)C1C. The minimum absolute atomic E-state index is 0.0621. The molecule has 0 aliphatic heterocycles. The molecule has 2 atom stereocenters. The molecule has 0 amide bonds. The summed E-state index contributed by atoms with van der Waals surface area (Å²) in [6.07, 6.45) is 2.74. The van der Waals surface area contributed by atoms with Crippen LogP contribution in [0, 0.1) is 11.8 Å². The van der Waals surface area contributed by atoms with E-state index in [0.29, 0.717) is 0 Å². The standard InChI is InChI=1S/C8H10O2/c1-5-6(2)8(10)4-3-7(5)9/h3-6H,1-2H3. The summed E-state index contributed by atoms with van der Waals surface area (Å²) in [4.78, 5) is 21.8. The molecule has 0 bridgehead atoms. The molecule has 0 N–H and O–H groups in total. The number of carbonyl (C=O) groups excluding carboxylic acids is 2. The van der Waals surface area contributed by atoms with Crippen LogP contribution in [0.15, 0.2) is 12.2 Å². The van der Waals surface area contributed by atoms with Gasteiger partial charge in [0.25, 0.3) is 0 Å². The molecule has 0 spiro atoms. The van der Waals surface area contributed by atoms with Crippen LogP contribution >= 0.6 is 0 Å². The third-order valence-corrected chi connectivity index (χ3v) is 2.06. The first-order valence-electron chi connectivity index (χ1n) is 3.38. The van der Waals surface area contributed by atoms with Crippen molar-refractivity contribution >= 4 is 11.6 Å². The zero-order valence-electron chi connectivity index (χ0n) is 6.13. The third kappa shape index (κ3) is 1.01. The molecule has 0 saturated carbocycles. The van der Waals surface area contributed by atoms with Gasteiger partial charge in [-0.2, -0.15) is 0 Å². The molecule has 1 aliphatic carbocycles. The molecule has 10 heavy (non-hydrogen) atoms. The second-order valence-corrected chi connectivity index (χ2v) is 2.72. The van der Waals surface area contributed by atoms with Crippen molar-refractivity contribution in [1.29, 1.82) is 0 Å². The minimum Gasteiger partial charge on any atom is -0.295 e. The van der Waals surface area contributed by atoms with E-state index in [1.165, 1.54) is 12.2 Å². The Morgan fingerprint density at radius 2 is 1.30 bits per heavy atom. The first-order chi connectivity index (χ1) is 4.63. The summed E-state index contributed by atoms with van der Waals surface area (Å²) in [7, 11) is 0. The minimum atomic E-state index is -0.127. The fraction of sp³-hybridized carbons (Fsp3) is 0.500. The van der Waals surface area contributed by atoms with Gasteiger partial charge in [0.05, 0.1) is 0 Å². The Morgan fingerprint density at radius 3 is 1.60 bits per heavy atom. The van der Waals surface area contributed by atoms with Crippen molar-refractivity contribution in [2.24, 2.45) is 11.8 Å². The lowest BCUT2D eigenvalue weighted by atomic mass is 9.84. The van der Waals surface area contributed by atoms with Crippen LogP contribution < -0.4 is 0 Å². The van der Waals surface area contributed by atoms with E-state index in [4.69, 9.17) is 0 Å². The summed E-state index contributed by atoms with van der Waals surface area (Å²) in [6.45, 7) is 3.57. The molecule has 0 aromatic heterocycles. The van der Waals surface area contributed by atoms with E-state index in [1.807, 2.05) is 0 Å². The zero-order chi connectivity index (χ0) is 7.72. The van der Waals surface area contributed by atoms with Gasteiger partial charge in [-0.15, -0.1) is 0 Å². The van der Waals surface area contributed by atoms with Crippen LogP contribution in [0.3, 0.4) is 0 Å². The van der Waals surface area contributed by atoms with Crippen LogP contribution in [0.1, 0.15) is 13.8 Å². The molecule has 0 fully saturated rings. The van der Waals surface area contributed by atoms with E-state index in [0.717, 1.165) is 0 Å². The van der Waals surface area contributed by atoms with Crippen LogP contribution in [0.4, 0.5) is 0 Å². The van der Waals surface area contributed by atoms with Crippen LogP contribution in [-0.2, 0) is 9.59 Å². The highest BCUT2D eigenvalue weighted by Gasteiger charge is 2.26. The lowest BCUT2D eigenvalue weighted by Gasteiger charge is -2.17. The zero-order valence-corrected chi connectivity index (χ0v) is 6.13. The number of hydrogen-bond acceptors (Lipinski definition) is 2. The fourth-order valence-electron chi connectivity index (χ4n) is 0.961. The summed E-state index contributed by atoms with van der Waals surface area (Å²) in [5, 5.41) is 0. The van der Waals surface area contributed by atoms with Gasteiger partial charge in [-0.1, -0.05) is 13.8 Å². The van der Waals surface area contributed by atoms with Gasteiger partial charge >= 0.3 is 0 Å². The van der Waals surface area contributed by atoms with E-state index in [2.05, 4.69) is 0 Å². The number of hydrogen-bond donors (Lipinski definition) is 0. The van der Waals surface area contributed by atoms with Crippen LogP contribution in [0.25, 0.3) is 0 Å². The third-order valence-electron chi connectivity index (χ3n) is 2.06. The van der Waals surface area contributed by atoms with E-state index < -0.39 is 0 Å². The smallest absolute Gasteiger partial charge is 0.159 e. The van der Waals surface area contributed by atoms with Crippen LogP contribution in [-0.4, -0.2) is 11.6 Å². The van der Waals surface area contributed by atoms with Gasteiger partial charge in [0.15, 0.2) is 11.6 Å². The molecule has 0 radical (unpaired) electrons. The second-order valence-electron chi connectivity index (χ2n) is 2.72. The molecule has 2 unspecified atom stereocenters. The van der Waals surface area contributed by atoms with Crippen molar-refractivity contribution in [3.05, 3.63) is 12.2 Å². The van der Waals surface area contributed by atoms with Crippen molar-refractivity contribution < 1.29 is 9.59 Å². The Hall–Kier alpha value is -0.920. The van der Waals surface area contributed by atoms with Crippen molar-refractivity contribution in [3.63, 3.8) is 0 Å². The highest BCUT2D eigenvalue weighted by atomic mass is 16.1. The summed E-state index contributed by atoms with van der Waals surface area (Å²) in [5.74, 6) is -0.130. The average Bonchev–Trinajstić information content (AvgIpc) is 1.93. The van der Waals surface area contributed by atoms with Gasteiger partial charge in [-0.25, -0.2) is 0 Å². The highest BCUT2D eigenvalue weighted by molar-refractivity contribution is 6.06. The van der Waals surface area contributed by atoms with Gasteiger partial charge in [0, 0.05) is 11.8 Å². The largest absolute Gasteiger partial charge is 0.295 e. The van der Waals surface area contributed by atoms with Crippen molar-refractivity contribution in [1.82, 2.24) is 0 Å². The van der Waals surface area contributed by atoms with Crippen molar-refractivity contribution in [2.45, 2.75) is 13.8 Å². The van der Waals surface area contributed by atoms with Crippen molar-refractivity contribution in [3.8, 4) is 0 Å². The summed E-state index contributed by atoms with van der Waals surface area (Å²) in [6, 6.07) is 0. The molecule has 54 valence electrons. The summed E-state index contributed by atoms with van der Waals surface area (Å²) < 4.78 is 0. The maximum Gasteiger partial charge on any atom is 0.159 e. The van der Waals surface area contributed by atoms with Gasteiger partial charge in [0.1, 0.15) is 0 Å². The fourth-order valence-corrected chi connectivity index (χ4v) is 0.961. The van der Waals surface area contributed by atoms with Gasteiger partial charge in [-0.05, 0) is 12.2 Å². The second kappa shape index (κ2) is 2.37. The Kier molecular flexibility index (Phi) is 1.70. The Morgan fingerprint density at radius 1 is 1.00 bits per heavy atom. The van der Waals surface area contributed by atoms with Gasteiger partial charge in [0.2, 0.25) is 0 Å².